The number of para-hydroxylation sites is 1. The number of allylic oxidation sites excluding steroid dienone is 1. The van der Waals surface area contributed by atoms with Gasteiger partial charge in [0.2, 0.25) is 15.9 Å². The third-order valence-electron chi connectivity index (χ3n) is 4.48. The zero-order valence-electron chi connectivity index (χ0n) is 15.5. The molecule has 1 amide bonds. The molecule has 0 saturated carbocycles. The van der Waals surface area contributed by atoms with Crippen molar-refractivity contribution >= 4 is 15.9 Å². The molecule has 0 radical (unpaired) electrons. The van der Waals surface area contributed by atoms with E-state index in [1.165, 1.54) is 29.8 Å². The van der Waals surface area contributed by atoms with E-state index in [0.717, 1.165) is 31.1 Å². The number of sulfonamides is 1. The molecule has 7 heteroatoms. The number of benzene rings is 1. The Morgan fingerprint density at radius 2 is 2.04 bits per heavy atom. The van der Waals surface area contributed by atoms with Gasteiger partial charge in [-0.3, -0.25) is 4.79 Å². The molecule has 0 aliphatic heterocycles. The number of ether oxygens (including phenoxy) is 1. The highest BCUT2D eigenvalue weighted by Crippen LogP contribution is 2.21. The quantitative estimate of drug-likeness (QED) is 0.668. The van der Waals surface area contributed by atoms with Crippen molar-refractivity contribution in [1.82, 2.24) is 9.62 Å². The Balaban J connectivity index is 1.92. The second-order valence-electron chi connectivity index (χ2n) is 6.55. The Morgan fingerprint density at radius 1 is 1.27 bits per heavy atom. The first-order valence-corrected chi connectivity index (χ1v) is 10.8. The van der Waals surface area contributed by atoms with Crippen LogP contribution in [0.1, 0.15) is 37.7 Å². The van der Waals surface area contributed by atoms with Crippen LogP contribution >= 0.6 is 0 Å². The molecule has 0 heterocycles. The molecule has 0 unspecified atom stereocenters. The largest absolute Gasteiger partial charge is 0.496 e. The third kappa shape index (κ3) is 6.46. The van der Waals surface area contributed by atoms with Crippen LogP contribution in [0.4, 0.5) is 0 Å². The number of hydrogen-bond acceptors (Lipinski definition) is 4. The number of carbonyl (C=O) groups is 1. The molecule has 0 saturated heterocycles. The van der Waals surface area contributed by atoms with Crippen LogP contribution in [-0.4, -0.2) is 45.1 Å². The van der Waals surface area contributed by atoms with Crippen molar-refractivity contribution in [2.45, 2.75) is 38.6 Å². The molecule has 144 valence electrons. The van der Waals surface area contributed by atoms with Gasteiger partial charge in [-0.1, -0.05) is 29.8 Å². The molecule has 0 atom stereocenters. The minimum absolute atomic E-state index is 0.0986. The number of amides is 1. The molecule has 1 aliphatic rings. The second-order valence-corrected chi connectivity index (χ2v) is 8.53. The van der Waals surface area contributed by atoms with Crippen molar-refractivity contribution < 1.29 is 17.9 Å². The van der Waals surface area contributed by atoms with Crippen molar-refractivity contribution in [3.8, 4) is 5.75 Å². The number of nitrogens with one attached hydrogen (secondary N) is 1. The first kappa shape index (κ1) is 20.5. The lowest BCUT2D eigenvalue weighted by molar-refractivity contribution is -0.121. The minimum Gasteiger partial charge on any atom is -0.496 e. The van der Waals surface area contributed by atoms with Gasteiger partial charge >= 0.3 is 0 Å². The molecular weight excluding hydrogens is 352 g/mol. The van der Waals surface area contributed by atoms with Crippen molar-refractivity contribution in [3.63, 3.8) is 0 Å². The van der Waals surface area contributed by atoms with Gasteiger partial charge in [0.25, 0.3) is 0 Å². The van der Waals surface area contributed by atoms with E-state index in [4.69, 9.17) is 4.74 Å². The third-order valence-corrected chi connectivity index (χ3v) is 5.68. The van der Waals surface area contributed by atoms with Crippen LogP contribution in [0.2, 0.25) is 0 Å². The smallest absolute Gasteiger partial charge is 0.235 e. The average Bonchev–Trinajstić information content (AvgIpc) is 2.61. The lowest BCUT2D eigenvalue weighted by atomic mass is 9.97. The standard InChI is InChI=1S/C19H28N2O4S/c1-25-18-11-7-6-10-17(18)14-21(26(2,23)24)15-19(22)20-13-12-16-8-4-3-5-9-16/h6-8,10-11H,3-5,9,12-15H2,1-2H3,(H,20,22). The van der Waals surface area contributed by atoms with Crippen molar-refractivity contribution in [3.05, 3.63) is 41.5 Å². The maximum Gasteiger partial charge on any atom is 0.235 e. The predicted octanol–water partition coefficient (Wildman–Crippen LogP) is 2.46. The summed E-state index contributed by atoms with van der Waals surface area (Å²) in [5, 5.41) is 2.83. The number of rotatable bonds is 9. The highest BCUT2D eigenvalue weighted by molar-refractivity contribution is 7.88. The predicted molar refractivity (Wildman–Crippen MR) is 102 cm³/mol. The summed E-state index contributed by atoms with van der Waals surface area (Å²) in [5.74, 6) is 0.313. The highest BCUT2D eigenvalue weighted by atomic mass is 32.2. The minimum atomic E-state index is -3.52. The summed E-state index contributed by atoms with van der Waals surface area (Å²) in [7, 11) is -1.99. The van der Waals surface area contributed by atoms with Crippen LogP contribution in [0.15, 0.2) is 35.9 Å². The Labute approximate surface area is 156 Å². The Kier molecular flexibility index (Phi) is 7.66. The van der Waals surface area contributed by atoms with Gasteiger partial charge in [0.15, 0.2) is 0 Å². The van der Waals surface area contributed by atoms with E-state index in [-0.39, 0.29) is 19.0 Å². The van der Waals surface area contributed by atoms with Crippen LogP contribution in [0.3, 0.4) is 0 Å². The van der Waals surface area contributed by atoms with Crippen LogP contribution in [0, 0.1) is 0 Å². The molecule has 0 fully saturated rings. The molecule has 6 nitrogen and oxygen atoms in total. The number of hydrogen-bond donors (Lipinski definition) is 1. The molecule has 0 bridgehead atoms. The molecule has 1 aromatic rings. The summed E-state index contributed by atoms with van der Waals surface area (Å²) < 4.78 is 30.6. The van der Waals surface area contributed by atoms with Crippen molar-refractivity contribution in [1.29, 1.82) is 0 Å². The molecule has 1 aliphatic carbocycles. The first-order chi connectivity index (χ1) is 12.4. The monoisotopic (exact) mass is 380 g/mol. The molecule has 0 aromatic heterocycles. The molecule has 26 heavy (non-hydrogen) atoms. The van der Waals surface area contributed by atoms with Gasteiger partial charge in [-0.25, -0.2) is 8.42 Å². The van der Waals surface area contributed by atoms with E-state index in [9.17, 15) is 13.2 Å². The fourth-order valence-electron chi connectivity index (χ4n) is 3.02. The Bertz CT molecular complexity index is 744. The van der Waals surface area contributed by atoms with Crippen molar-refractivity contribution in [2.24, 2.45) is 0 Å². The summed E-state index contributed by atoms with van der Waals surface area (Å²) in [6.45, 7) is 0.439. The lowest BCUT2D eigenvalue weighted by Gasteiger charge is -2.21. The number of carbonyl (C=O) groups excluding carboxylic acids is 1. The van der Waals surface area contributed by atoms with Gasteiger partial charge < -0.3 is 10.1 Å². The Morgan fingerprint density at radius 3 is 2.69 bits per heavy atom. The van der Waals surface area contributed by atoms with E-state index < -0.39 is 10.0 Å². The van der Waals surface area contributed by atoms with Gasteiger partial charge in [0.1, 0.15) is 5.75 Å². The average molecular weight is 381 g/mol. The van der Waals surface area contributed by atoms with Gasteiger partial charge in [0.05, 0.1) is 19.9 Å². The number of methoxy groups -OCH3 is 1. The fourth-order valence-corrected chi connectivity index (χ4v) is 3.75. The summed E-state index contributed by atoms with van der Waals surface area (Å²) in [6.07, 6.45) is 8.85. The SMILES string of the molecule is COc1ccccc1CN(CC(=O)NCCC1=CCCCC1)S(C)(=O)=O. The summed E-state index contributed by atoms with van der Waals surface area (Å²) in [6, 6.07) is 7.20. The van der Waals surface area contributed by atoms with Gasteiger partial charge in [-0.15, -0.1) is 0 Å². The molecule has 0 spiro atoms. The van der Waals surface area contributed by atoms with E-state index in [1.54, 1.807) is 12.1 Å². The lowest BCUT2D eigenvalue weighted by Crippen LogP contribution is -2.40. The number of nitrogens with zero attached hydrogens (tertiary/aromatic N) is 1. The van der Waals surface area contributed by atoms with E-state index >= 15 is 0 Å². The topological polar surface area (TPSA) is 75.7 Å². The molecular formula is C19H28N2O4S. The maximum atomic E-state index is 12.2. The van der Waals surface area contributed by atoms with Crippen LogP contribution < -0.4 is 10.1 Å². The van der Waals surface area contributed by atoms with E-state index in [1.807, 2.05) is 12.1 Å². The Hall–Kier alpha value is -1.86. The van der Waals surface area contributed by atoms with Crippen LogP contribution in [0.5, 0.6) is 5.75 Å². The molecule has 1 aromatic carbocycles. The van der Waals surface area contributed by atoms with Gasteiger partial charge in [0, 0.05) is 18.7 Å². The summed E-state index contributed by atoms with van der Waals surface area (Å²) in [4.78, 5) is 12.2. The zero-order chi connectivity index (χ0) is 19.0. The van der Waals surface area contributed by atoms with Crippen LogP contribution in [-0.2, 0) is 21.4 Å². The maximum absolute atomic E-state index is 12.2. The summed E-state index contributed by atoms with van der Waals surface area (Å²) >= 11 is 0. The van der Waals surface area contributed by atoms with Gasteiger partial charge in [-0.05, 0) is 38.2 Å². The summed E-state index contributed by atoms with van der Waals surface area (Å²) in [5.41, 5.74) is 2.10. The van der Waals surface area contributed by atoms with Gasteiger partial charge in [-0.2, -0.15) is 4.31 Å². The van der Waals surface area contributed by atoms with Crippen molar-refractivity contribution in [2.75, 3.05) is 26.5 Å². The zero-order valence-corrected chi connectivity index (χ0v) is 16.3. The van der Waals surface area contributed by atoms with Crippen LogP contribution in [0.25, 0.3) is 0 Å². The second kappa shape index (κ2) is 9.73. The first-order valence-electron chi connectivity index (χ1n) is 8.92. The normalized spacial score (nSPS) is 14.8. The van der Waals surface area contributed by atoms with E-state index in [2.05, 4.69) is 11.4 Å². The highest BCUT2D eigenvalue weighted by Gasteiger charge is 2.21. The van der Waals surface area contributed by atoms with E-state index in [0.29, 0.717) is 12.3 Å². The fraction of sp³-hybridized carbons (Fsp3) is 0.526. The molecule has 1 N–H and O–H groups in total. The molecule has 2 rings (SSSR count).